The summed E-state index contributed by atoms with van der Waals surface area (Å²) >= 11 is 6.33. The van der Waals surface area contributed by atoms with Gasteiger partial charge >= 0.3 is 0 Å². The molecule has 1 aliphatic carbocycles. The van der Waals surface area contributed by atoms with Crippen molar-refractivity contribution in [2.24, 2.45) is 0 Å². The number of benzene rings is 1. The summed E-state index contributed by atoms with van der Waals surface area (Å²) in [5, 5.41) is 10.9. The van der Waals surface area contributed by atoms with Gasteiger partial charge in [-0.3, -0.25) is 0 Å². The number of hydrogen-bond acceptors (Lipinski definition) is 3. The summed E-state index contributed by atoms with van der Waals surface area (Å²) in [6, 6.07) is 6.34. The zero-order valence-electron chi connectivity index (χ0n) is 10.9. The van der Waals surface area contributed by atoms with Gasteiger partial charge in [-0.05, 0) is 36.5 Å². The Bertz CT molecular complexity index is 696. The van der Waals surface area contributed by atoms with Crippen molar-refractivity contribution in [2.75, 3.05) is 0 Å². The summed E-state index contributed by atoms with van der Waals surface area (Å²) in [6.07, 6.45) is 3.38. The van der Waals surface area contributed by atoms with E-state index in [1.54, 1.807) is 6.33 Å². The van der Waals surface area contributed by atoms with Crippen LogP contribution in [-0.2, 0) is 5.41 Å². The molecule has 3 rings (SSSR count). The van der Waals surface area contributed by atoms with E-state index in [-0.39, 0.29) is 5.41 Å². The van der Waals surface area contributed by atoms with E-state index in [2.05, 4.69) is 29.9 Å². The van der Waals surface area contributed by atoms with Crippen LogP contribution in [0.2, 0.25) is 5.02 Å². The lowest BCUT2D eigenvalue weighted by Gasteiger charge is -2.13. The van der Waals surface area contributed by atoms with Gasteiger partial charge in [0.2, 0.25) is 0 Å². The Morgan fingerprint density at radius 2 is 2.05 bits per heavy atom. The van der Waals surface area contributed by atoms with Gasteiger partial charge in [-0.25, -0.2) is 9.97 Å². The highest BCUT2D eigenvalue weighted by Crippen LogP contribution is 2.49. The van der Waals surface area contributed by atoms with Gasteiger partial charge in [0, 0.05) is 5.39 Å². The molecule has 0 aliphatic heterocycles. The Hall–Kier alpha value is -1.66. The first-order chi connectivity index (χ1) is 9.07. The molecule has 0 bridgehead atoms. The van der Waals surface area contributed by atoms with Crippen LogP contribution in [0.5, 0.6) is 0 Å². The molecule has 0 unspecified atom stereocenters. The fourth-order valence-electron chi connectivity index (χ4n) is 2.47. The first kappa shape index (κ1) is 12.4. The van der Waals surface area contributed by atoms with Crippen molar-refractivity contribution >= 4 is 22.5 Å². The molecule has 3 nitrogen and oxygen atoms in total. The van der Waals surface area contributed by atoms with Crippen molar-refractivity contribution in [1.29, 1.82) is 5.26 Å². The molecule has 0 saturated heterocycles. The van der Waals surface area contributed by atoms with Crippen molar-refractivity contribution in [2.45, 2.75) is 38.0 Å². The maximum absolute atomic E-state index is 9.33. The second-order valence-corrected chi connectivity index (χ2v) is 5.87. The Labute approximate surface area is 117 Å². The maximum atomic E-state index is 9.33. The third kappa shape index (κ3) is 1.87. The molecule has 0 spiro atoms. The molecule has 0 atom stereocenters. The smallest absolute Gasteiger partial charge is 0.116 e. The molecule has 19 heavy (non-hydrogen) atoms. The topological polar surface area (TPSA) is 49.6 Å². The standard InChI is InChI=1S/C15H14ClN3/c1-9(2)13-11-5-10(15(7-17)3-4-15)6-12(16)14(11)19-8-18-13/h5-6,8-9H,3-4H2,1-2H3. The Balaban J connectivity index is 2.30. The van der Waals surface area contributed by atoms with Crippen LogP contribution in [0.3, 0.4) is 0 Å². The van der Waals surface area contributed by atoms with Gasteiger partial charge in [-0.1, -0.05) is 25.4 Å². The predicted octanol–water partition coefficient (Wildman–Crippen LogP) is 3.96. The third-order valence-electron chi connectivity index (χ3n) is 3.79. The molecule has 1 aromatic heterocycles. The van der Waals surface area contributed by atoms with Crippen LogP contribution >= 0.6 is 11.6 Å². The average molecular weight is 272 g/mol. The number of nitrogens with zero attached hydrogens (tertiary/aromatic N) is 3. The zero-order valence-corrected chi connectivity index (χ0v) is 11.7. The molecule has 0 radical (unpaired) electrons. The Morgan fingerprint density at radius 1 is 1.32 bits per heavy atom. The number of nitriles is 1. The average Bonchev–Trinajstić information content (AvgIpc) is 3.19. The quantitative estimate of drug-likeness (QED) is 0.831. The maximum Gasteiger partial charge on any atom is 0.116 e. The number of halogens is 1. The molecular formula is C15H14ClN3. The summed E-state index contributed by atoms with van der Waals surface area (Å²) in [4.78, 5) is 8.63. The molecule has 1 heterocycles. The van der Waals surface area contributed by atoms with E-state index >= 15 is 0 Å². The van der Waals surface area contributed by atoms with Gasteiger partial charge in [-0.15, -0.1) is 0 Å². The summed E-state index contributed by atoms with van der Waals surface area (Å²) in [6.45, 7) is 4.19. The monoisotopic (exact) mass is 271 g/mol. The molecule has 2 aromatic rings. The molecule has 1 aromatic carbocycles. The molecule has 4 heteroatoms. The van der Waals surface area contributed by atoms with E-state index < -0.39 is 0 Å². The van der Waals surface area contributed by atoms with E-state index in [0.29, 0.717) is 10.9 Å². The lowest BCUT2D eigenvalue weighted by molar-refractivity contribution is 0.827. The molecule has 1 fully saturated rings. The summed E-state index contributed by atoms with van der Waals surface area (Å²) in [5.74, 6) is 0.300. The lowest BCUT2D eigenvalue weighted by atomic mass is 9.94. The fourth-order valence-corrected chi connectivity index (χ4v) is 2.74. The highest BCUT2D eigenvalue weighted by Gasteiger charge is 2.45. The van der Waals surface area contributed by atoms with E-state index in [4.69, 9.17) is 11.6 Å². The van der Waals surface area contributed by atoms with E-state index in [1.165, 1.54) is 0 Å². The van der Waals surface area contributed by atoms with Crippen molar-refractivity contribution < 1.29 is 0 Å². The largest absolute Gasteiger partial charge is 0.240 e. The third-order valence-corrected chi connectivity index (χ3v) is 4.07. The van der Waals surface area contributed by atoms with Crippen LogP contribution in [0.15, 0.2) is 18.5 Å². The van der Waals surface area contributed by atoms with E-state index in [0.717, 1.165) is 35.0 Å². The van der Waals surface area contributed by atoms with Gasteiger partial charge in [-0.2, -0.15) is 5.26 Å². The minimum absolute atomic E-state index is 0.300. The number of aromatic nitrogens is 2. The SMILES string of the molecule is CC(C)c1ncnc2c(Cl)cc(C3(C#N)CC3)cc12. The first-order valence-electron chi connectivity index (χ1n) is 6.43. The highest BCUT2D eigenvalue weighted by molar-refractivity contribution is 6.35. The molecular weight excluding hydrogens is 258 g/mol. The van der Waals surface area contributed by atoms with Gasteiger partial charge in [0.05, 0.1) is 27.7 Å². The normalized spacial score (nSPS) is 16.6. The first-order valence-corrected chi connectivity index (χ1v) is 6.81. The Kier molecular flexibility index (Phi) is 2.72. The second-order valence-electron chi connectivity index (χ2n) is 5.46. The number of fused-ring (bicyclic) bond motifs is 1. The number of rotatable bonds is 2. The lowest BCUT2D eigenvalue weighted by Crippen LogP contribution is -2.04. The minimum atomic E-state index is -0.331. The van der Waals surface area contributed by atoms with Gasteiger partial charge in [0.15, 0.2) is 0 Å². The van der Waals surface area contributed by atoms with Crippen molar-refractivity contribution in [3.63, 3.8) is 0 Å². The van der Waals surface area contributed by atoms with Crippen LogP contribution in [0.25, 0.3) is 10.9 Å². The summed E-state index contributed by atoms with van der Waals surface area (Å²) in [7, 11) is 0. The minimum Gasteiger partial charge on any atom is -0.240 e. The molecule has 1 aliphatic rings. The van der Waals surface area contributed by atoms with Crippen LogP contribution in [0, 0.1) is 11.3 Å². The fraction of sp³-hybridized carbons (Fsp3) is 0.400. The molecule has 0 N–H and O–H groups in total. The van der Waals surface area contributed by atoms with Crippen molar-refractivity contribution in [3.05, 3.63) is 34.7 Å². The number of hydrogen-bond donors (Lipinski definition) is 0. The van der Waals surface area contributed by atoms with Crippen LogP contribution in [0.4, 0.5) is 0 Å². The van der Waals surface area contributed by atoms with E-state index in [1.807, 2.05) is 12.1 Å². The van der Waals surface area contributed by atoms with Gasteiger partial charge in [0.25, 0.3) is 0 Å². The van der Waals surface area contributed by atoms with Crippen LogP contribution in [-0.4, -0.2) is 9.97 Å². The van der Waals surface area contributed by atoms with Gasteiger partial charge < -0.3 is 0 Å². The van der Waals surface area contributed by atoms with Crippen molar-refractivity contribution in [1.82, 2.24) is 9.97 Å². The van der Waals surface area contributed by atoms with Crippen molar-refractivity contribution in [3.8, 4) is 6.07 Å². The van der Waals surface area contributed by atoms with E-state index in [9.17, 15) is 5.26 Å². The van der Waals surface area contributed by atoms with Gasteiger partial charge in [0.1, 0.15) is 6.33 Å². The second kappa shape index (κ2) is 4.18. The Morgan fingerprint density at radius 3 is 2.63 bits per heavy atom. The molecule has 1 saturated carbocycles. The highest BCUT2D eigenvalue weighted by atomic mass is 35.5. The van der Waals surface area contributed by atoms with Crippen LogP contribution < -0.4 is 0 Å². The predicted molar refractivity (Wildman–Crippen MR) is 75.2 cm³/mol. The zero-order chi connectivity index (χ0) is 13.6. The van der Waals surface area contributed by atoms with Crippen LogP contribution in [0.1, 0.15) is 43.9 Å². The molecule has 0 amide bonds. The summed E-state index contributed by atoms with van der Waals surface area (Å²) in [5.41, 5.74) is 2.44. The summed E-state index contributed by atoms with van der Waals surface area (Å²) < 4.78 is 0. The molecule has 96 valence electrons.